The van der Waals surface area contributed by atoms with Crippen molar-refractivity contribution in [3.05, 3.63) is 52.7 Å². The maximum atomic E-state index is 12.9. The zero-order valence-corrected chi connectivity index (χ0v) is 14.3. The van der Waals surface area contributed by atoms with Crippen LogP contribution in [0.4, 0.5) is 24.7 Å². The molecule has 9 heteroatoms. The molecule has 1 aliphatic rings. The summed E-state index contributed by atoms with van der Waals surface area (Å²) in [6.45, 7) is 1.93. The van der Waals surface area contributed by atoms with Gasteiger partial charge in [0.25, 0.3) is 5.91 Å². The summed E-state index contributed by atoms with van der Waals surface area (Å²) in [5, 5.41) is 2.86. The summed E-state index contributed by atoms with van der Waals surface area (Å²) in [5.74, 6) is 0.0409. The lowest BCUT2D eigenvalue weighted by molar-refractivity contribution is -0.137. The molecule has 138 valence electrons. The molecule has 0 atom stereocenters. The highest BCUT2D eigenvalue weighted by Gasteiger charge is 2.31. The maximum absolute atomic E-state index is 12.9. The van der Waals surface area contributed by atoms with Gasteiger partial charge in [0, 0.05) is 24.8 Å². The zero-order chi connectivity index (χ0) is 18.7. The molecule has 1 saturated heterocycles. The fourth-order valence-corrected chi connectivity index (χ4v) is 2.68. The predicted molar refractivity (Wildman–Crippen MR) is 90.7 cm³/mol. The van der Waals surface area contributed by atoms with Gasteiger partial charge in [-0.3, -0.25) is 4.79 Å². The Labute approximate surface area is 152 Å². The molecule has 1 amide bonds. The number of carbonyl (C=O) groups excluding carboxylic acids is 1. The molecule has 1 aliphatic heterocycles. The Morgan fingerprint density at radius 3 is 2.62 bits per heavy atom. The smallest absolute Gasteiger partial charge is 0.378 e. The molecule has 1 aromatic carbocycles. The van der Waals surface area contributed by atoms with Crippen LogP contribution in [0.1, 0.15) is 15.9 Å². The summed E-state index contributed by atoms with van der Waals surface area (Å²) in [5.41, 5.74) is -0.387. The number of carbonyl (C=O) groups is 1. The third kappa shape index (κ3) is 4.25. The normalized spacial score (nSPS) is 15.0. The highest BCUT2D eigenvalue weighted by molar-refractivity contribution is 6.33. The lowest BCUT2D eigenvalue weighted by Gasteiger charge is -2.26. The second-order valence-electron chi connectivity index (χ2n) is 5.65. The minimum Gasteiger partial charge on any atom is -0.378 e. The van der Waals surface area contributed by atoms with Crippen LogP contribution in [0.2, 0.25) is 5.02 Å². The summed E-state index contributed by atoms with van der Waals surface area (Å²) in [7, 11) is 0. The number of aromatic nitrogens is 1. The van der Waals surface area contributed by atoms with Crippen molar-refractivity contribution in [2.24, 2.45) is 0 Å². The number of rotatable bonds is 3. The summed E-state index contributed by atoms with van der Waals surface area (Å²) < 4.78 is 43.8. The number of hydrogen-bond donors (Lipinski definition) is 1. The largest absolute Gasteiger partial charge is 0.416 e. The number of benzene rings is 1. The SMILES string of the molecule is O=C(c1ccnc(Nc2cc(C(F)(F)F)ccc2Cl)c1)N1CCOCC1. The minimum atomic E-state index is -4.48. The van der Waals surface area contributed by atoms with Crippen molar-refractivity contribution in [3.8, 4) is 0 Å². The van der Waals surface area contributed by atoms with Gasteiger partial charge in [0.05, 0.1) is 29.5 Å². The maximum Gasteiger partial charge on any atom is 0.416 e. The first-order valence-electron chi connectivity index (χ1n) is 7.81. The fraction of sp³-hybridized carbons (Fsp3) is 0.294. The van der Waals surface area contributed by atoms with Crippen molar-refractivity contribution in [1.82, 2.24) is 9.88 Å². The molecule has 26 heavy (non-hydrogen) atoms. The molecular weight excluding hydrogens is 371 g/mol. The second-order valence-corrected chi connectivity index (χ2v) is 6.06. The van der Waals surface area contributed by atoms with Crippen molar-refractivity contribution in [2.75, 3.05) is 31.6 Å². The summed E-state index contributed by atoms with van der Waals surface area (Å²) in [6, 6.07) is 6.00. The van der Waals surface area contributed by atoms with Gasteiger partial charge in [-0.05, 0) is 30.3 Å². The summed E-state index contributed by atoms with van der Waals surface area (Å²) in [4.78, 5) is 18.2. The first-order chi connectivity index (χ1) is 12.3. The van der Waals surface area contributed by atoms with Gasteiger partial charge in [-0.2, -0.15) is 13.2 Å². The molecule has 2 heterocycles. The zero-order valence-electron chi connectivity index (χ0n) is 13.5. The number of nitrogens with zero attached hydrogens (tertiary/aromatic N) is 2. The predicted octanol–water partition coefficient (Wildman–Crippen LogP) is 3.97. The van der Waals surface area contributed by atoms with Crippen molar-refractivity contribution in [2.45, 2.75) is 6.18 Å². The lowest BCUT2D eigenvalue weighted by atomic mass is 10.2. The highest BCUT2D eigenvalue weighted by Crippen LogP contribution is 2.34. The number of amides is 1. The average molecular weight is 386 g/mol. The number of pyridine rings is 1. The van der Waals surface area contributed by atoms with E-state index in [4.69, 9.17) is 16.3 Å². The number of ether oxygens (including phenoxy) is 1. The van der Waals surface area contributed by atoms with Crippen LogP contribution in [0.25, 0.3) is 0 Å². The first-order valence-corrected chi connectivity index (χ1v) is 8.19. The van der Waals surface area contributed by atoms with Crippen molar-refractivity contribution in [1.29, 1.82) is 0 Å². The van der Waals surface area contributed by atoms with Crippen LogP contribution in [0.3, 0.4) is 0 Å². The van der Waals surface area contributed by atoms with E-state index in [9.17, 15) is 18.0 Å². The number of hydrogen-bond acceptors (Lipinski definition) is 4. The second kappa shape index (κ2) is 7.51. The molecule has 0 aliphatic carbocycles. The number of nitrogens with one attached hydrogen (secondary N) is 1. The standard InChI is InChI=1S/C17H15ClF3N3O2/c18-13-2-1-12(17(19,20)21)10-14(13)23-15-9-11(3-4-22-15)16(25)24-5-7-26-8-6-24/h1-4,9-10H,5-8H2,(H,22,23). The summed E-state index contributed by atoms with van der Waals surface area (Å²) in [6.07, 6.45) is -3.07. The molecular formula is C17H15ClF3N3O2. The Bertz CT molecular complexity index is 808. The van der Waals surface area contributed by atoms with E-state index in [0.29, 0.717) is 31.9 Å². The van der Waals surface area contributed by atoms with Gasteiger partial charge < -0.3 is 15.0 Å². The van der Waals surface area contributed by atoms with E-state index < -0.39 is 11.7 Å². The van der Waals surface area contributed by atoms with Gasteiger partial charge in [-0.15, -0.1) is 0 Å². The fourth-order valence-electron chi connectivity index (χ4n) is 2.52. The van der Waals surface area contributed by atoms with Crippen LogP contribution in [-0.2, 0) is 10.9 Å². The number of alkyl halides is 3. The molecule has 0 spiro atoms. The lowest BCUT2D eigenvalue weighted by Crippen LogP contribution is -2.40. The van der Waals surface area contributed by atoms with Crippen molar-refractivity contribution >= 4 is 29.0 Å². The quantitative estimate of drug-likeness (QED) is 0.868. The number of anilines is 2. The van der Waals surface area contributed by atoms with E-state index >= 15 is 0 Å². The van der Waals surface area contributed by atoms with Gasteiger partial charge >= 0.3 is 6.18 Å². The molecule has 0 bridgehead atoms. The van der Waals surface area contributed by atoms with E-state index in [-0.39, 0.29) is 22.4 Å². The van der Waals surface area contributed by atoms with E-state index in [1.54, 1.807) is 11.0 Å². The Morgan fingerprint density at radius 2 is 1.92 bits per heavy atom. The van der Waals surface area contributed by atoms with E-state index in [1.165, 1.54) is 12.3 Å². The molecule has 5 nitrogen and oxygen atoms in total. The highest BCUT2D eigenvalue weighted by atomic mass is 35.5. The average Bonchev–Trinajstić information content (AvgIpc) is 2.63. The Hall–Kier alpha value is -2.32. The molecule has 0 radical (unpaired) electrons. The van der Waals surface area contributed by atoms with Crippen LogP contribution in [0.5, 0.6) is 0 Å². The Morgan fingerprint density at radius 1 is 1.19 bits per heavy atom. The molecule has 2 aromatic rings. The van der Waals surface area contributed by atoms with Gasteiger partial charge in [-0.25, -0.2) is 4.98 Å². The summed E-state index contributed by atoms with van der Waals surface area (Å²) >= 11 is 5.97. The van der Waals surface area contributed by atoms with Gasteiger partial charge in [0.15, 0.2) is 0 Å². The van der Waals surface area contributed by atoms with E-state index in [1.807, 2.05) is 0 Å². The van der Waals surface area contributed by atoms with E-state index in [2.05, 4.69) is 10.3 Å². The third-order valence-electron chi connectivity index (χ3n) is 3.86. The minimum absolute atomic E-state index is 0.0602. The van der Waals surface area contributed by atoms with Crippen LogP contribution in [0.15, 0.2) is 36.5 Å². The molecule has 3 rings (SSSR count). The third-order valence-corrected chi connectivity index (χ3v) is 4.19. The van der Waals surface area contributed by atoms with Crippen LogP contribution in [0, 0.1) is 0 Å². The topological polar surface area (TPSA) is 54.5 Å². The molecule has 1 aromatic heterocycles. The monoisotopic (exact) mass is 385 g/mol. The van der Waals surface area contributed by atoms with Gasteiger partial charge in [0.1, 0.15) is 5.82 Å². The first kappa shape index (κ1) is 18.5. The van der Waals surface area contributed by atoms with Crippen LogP contribution in [-0.4, -0.2) is 42.1 Å². The molecule has 1 N–H and O–H groups in total. The number of halogens is 4. The molecule has 0 unspecified atom stereocenters. The van der Waals surface area contributed by atoms with E-state index in [0.717, 1.165) is 18.2 Å². The van der Waals surface area contributed by atoms with Gasteiger partial charge in [-0.1, -0.05) is 11.6 Å². The Balaban J connectivity index is 1.82. The molecule has 1 fully saturated rings. The van der Waals surface area contributed by atoms with Crippen LogP contribution >= 0.6 is 11.6 Å². The van der Waals surface area contributed by atoms with Gasteiger partial charge in [0.2, 0.25) is 0 Å². The van der Waals surface area contributed by atoms with Crippen molar-refractivity contribution < 1.29 is 22.7 Å². The van der Waals surface area contributed by atoms with Crippen LogP contribution < -0.4 is 5.32 Å². The number of morpholine rings is 1. The molecule has 0 saturated carbocycles. The Kier molecular flexibility index (Phi) is 5.33. The van der Waals surface area contributed by atoms with Crippen molar-refractivity contribution in [3.63, 3.8) is 0 Å².